The second-order valence-corrected chi connectivity index (χ2v) is 13.5. The molecule has 1 aromatic heterocycles. The second kappa shape index (κ2) is 12.5. The number of benzene rings is 1. The smallest absolute Gasteiger partial charge is 0.272 e. The van der Waals surface area contributed by atoms with Crippen LogP contribution in [0.15, 0.2) is 36.7 Å². The molecule has 1 N–H and O–H groups in total. The van der Waals surface area contributed by atoms with Crippen LogP contribution < -0.4 is 5.32 Å². The molecule has 2 unspecified atom stereocenters. The number of piperidine rings is 2. The van der Waals surface area contributed by atoms with Gasteiger partial charge in [0, 0.05) is 50.2 Å². The predicted molar refractivity (Wildman–Crippen MR) is 155 cm³/mol. The SMILES string of the molecule is Cc1c(NCC2COC(c3ccccc3)C2)ncnc1C(=O)N1CCC(N2CCC(N(C)S(C)(=O)=O)CC2)CC1. The average Bonchev–Trinajstić information content (AvgIpc) is 3.45. The van der Waals surface area contributed by atoms with Crippen LogP contribution in [0.2, 0.25) is 0 Å². The van der Waals surface area contributed by atoms with E-state index in [1.165, 1.54) is 22.5 Å². The number of likely N-dealkylation sites (tertiary alicyclic amines) is 2. The van der Waals surface area contributed by atoms with Crippen molar-refractivity contribution in [2.24, 2.45) is 5.92 Å². The molecule has 218 valence electrons. The van der Waals surface area contributed by atoms with E-state index in [9.17, 15) is 13.2 Å². The summed E-state index contributed by atoms with van der Waals surface area (Å²) in [6.07, 6.45) is 7.35. The van der Waals surface area contributed by atoms with Gasteiger partial charge in [0.25, 0.3) is 5.91 Å². The van der Waals surface area contributed by atoms with Gasteiger partial charge in [-0.15, -0.1) is 0 Å². The van der Waals surface area contributed by atoms with Crippen LogP contribution in [-0.2, 0) is 14.8 Å². The van der Waals surface area contributed by atoms with Crippen molar-refractivity contribution in [2.45, 2.75) is 57.2 Å². The maximum Gasteiger partial charge on any atom is 0.272 e. The molecule has 0 saturated carbocycles. The molecule has 1 amide bonds. The van der Waals surface area contributed by atoms with Gasteiger partial charge in [-0.25, -0.2) is 22.7 Å². The summed E-state index contributed by atoms with van der Waals surface area (Å²) in [7, 11) is -1.48. The maximum atomic E-state index is 13.4. The van der Waals surface area contributed by atoms with Gasteiger partial charge in [0.15, 0.2) is 0 Å². The maximum absolute atomic E-state index is 13.4. The van der Waals surface area contributed by atoms with Gasteiger partial charge in [-0.2, -0.15) is 0 Å². The van der Waals surface area contributed by atoms with Gasteiger partial charge in [-0.3, -0.25) is 4.79 Å². The number of hydrogen-bond donors (Lipinski definition) is 1. The zero-order chi connectivity index (χ0) is 28.3. The number of hydrogen-bond acceptors (Lipinski definition) is 8. The van der Waals surface area contributed by atoms with Gasteiger partial charge in [0.1, 0.15) is 17.8 Å². The average molecular weight is 571 g/mol. The minimum absolute atomic E-state index is 0.0387. The van der Waals surface area contributed by atoms with E-state index in [0.29, 0.717) is 43.2 Å². The summed E-state index contributed by atoms with van der Waals surface area (Å²) in [6.45, 7) is 6.51. The van der Waals surface area contributed by atoms with E-state index in [2.05, 4.69) is 32.3 Å². The lowest BCUT2D eigenvalue weighted by Gasteiger charge is -2.43. The number of carbonyl (C=O) groups is 1. The topological polar surface area (TPSA) is 108 Å². The Bertz CT molecular complexity index is 1260. The summed E-state index contributed by atoms with van der Waals surface area (Å²) in [4.78, 5) is 26.6. The number of rotatable bonds is 8. The number of nitrogens with one attached hydrogen (secondary N) is 1. The number of sulfonamides is 1. The first-order valence-corrected chi connectivity index (χ1v) is 16.2. The summed E-state index contributed by atoms with van der Waals surface area (Å²) in [5, 5.41) is 3.45. The van der Waals surface area contributed by atoms with Gasteiger partial charge in [-0.05, 0) is 57.7 Å². The highest BCUT2D eigenvalue weighted by atomic mass is 32.2. The first kappa shape index (κ1) is 28.9. The summed E-state index contributed by atoms with van der Waals surface area (Å²) in [5.74, 6) is 1.04. The molecule has 10 nitrogen and oxygen atoms in total. The highest BCUT2D eigenvalue weighted by molar-refractivity contribution is 7.88. The third-order valence-corrected chi connectivity index (χ3v) is 10.2. The Labute approximate surface area is 238 Å². The van der Waals surface area contributed by atoms with Crippen LogP contribution in [0.5, 0.6) is 0 Å². The molecule has 5 rings (SSSR count). The first-order chi connectivity index (χ1) is 19.2. The highest BCUT2D eigenvalue weighted by Crippen LogP contribution is 2.32. The fraction of sp³-hybridized carbons (Fsp3) is 0.621. The lowest BCUT2D eigenvalue weighted by Crippen LogP contribution is -2.52. The third kappa shape index (κ3) is 6.64. The Balaban J connectivity index is 1.10. The van der Waals surface area contributed by atoms with Gasteiger partial charge < -0.3 is 19.9 Å². The van der Waals surface area contributed by atoms with Crippen molar-refractivity contribution in [3.05, 3.63) is 53.5 Å². The van der Waals surface area contributed by atoms with E-state index in [0.717, 1.165) is 57.3 Å². The number of anilines is 1. The molecule has 3 aliphatic heterocycles. The van der Waals surface area contributed by atoms with E-state index in [1.807, 2.05) is 30.0 Å². The zero-order valence-corrected chi connectivity index (χ0v) is 24.6. The zero-order valence-electron chi connectivity index (χ0n) is 23.8. The Morgan fingerprint density at radius 3 is 2.45 bits per heavy atom. The molecule has 4 heterocycles. The van der Waals surface area contributed by atoms with Crippen molar-refractivity contribution in [2.75, 3.05) is 58.0 Å². The Morgan fingerprint density at radius 2 is 1.77 bits per heavy atom. The lowest BCUT2D eigenvalue weighted by molar-refractivity contribution is 0.0542. The molecular formula is C29H42N6O4S. The molecule has 0 radical (unpaired) electrons. The molecule has 0 spiro atoms. The fourth-order valence-electron chi connectivity index (χ4n) is 6.29. The van der Waals surface area contributed by atoms with Crippen LogP contribution in [0.3, 0.4) is 0 Å². The fourth-order valence-corrected chi connectivity index (χ4v) is 7.04. The number of ether oxygens (including phenoxy) is 1. The number of amides is 1. The first-order valence-electron chi connectivity index (χ1n) is 14.4. The molecule has 11 heteroatoms. The molecule has 3 saturated heterocycles. The quantitative estimate of drug-likeness (QED) is 0.516. The number of nitrogens with zero attached hydrogens (tertiary/aromatic N) is 5. The standard InChI is InChI=1S/C29H42N6O4S/c1-21-27(31-20-32-28(21)30-18-22-17-26(39-19-22)23-7-5-4-6-8-23)29(36)35-15-11-25(12-16-35)34-13-9-24(10-14-34)33(2)40(3,37)38/h4-8,20,22,24-26H,9-19H2,1-3H3,(H,30,31,32). The lowest BCUT2D eigenvalue weighted by atomic mass is 9.97. The summed E-state index contributed by atoms with van der Waals surface area (Å²) >= 11 is 0. The monoisotopic (exact) mass is 570 g/mol. The van der Waals surface area contributed by atoms with Crippen molar-refractivity contribution < 1.29 is 17.9 Å². The normalized spacial score (nSPS) is 23.6. The molecule has 0 aliphatic carbocycles. The molecule has 0 bridgehead atoms. The van der Waals surface area contributed by atoms with E-state index in [1.54, 1.807) is 7.05 Å². The summed E-state index contributed by atoms with van der Waals surface area (Å²) in [5.41, 5.74) is 2.46. The van der Waals surface area contributed by atoms with E-state index >= 15 is 0 Å². The molecule has 3 aliphatic rings. The summed E-state index contributed by atoms with van der Waals surface area (Å²) in [6, 6.07) is 10.8. The largest absolute Gasteiger partial charge is 0.373 e. The van der Waals surface area contributed by atoms with Gasteiger partial charge in [0.05, 0.1) is 19.0 Å². The predicted octanol–water partition coefficient (Wildman–Crippen LogP) is 2.94. The van der Waals surface area contributed by atoms with Crippen LogP contribution in [0, 0.1) is 12.8 Å². The number of carbonyl (C=O) groups excluding carboxylic acids is 1. The van der Waals surface area contributed by atoms with Crippen molar-refractivity contribution in [3.63, 3.8) is 0 Å². The molecule has 1 aromatic carbocycles. The van der Waals surface area contributed by atoms with Gasteiger partial charge in [-0.1, -0.05) is 30.3 Å². The molecular weight excluding hydrogens is 528 g/mol. The van der Waals surface area contributed by atoms with Crippen molar-refractivity contribution in [1.82, 2.24) is 24.1 Å². The van der Waals surface area contributed by atoms with Crippen LogP contribution in [0.25, 0.3) is 0 Å². The van der Waals surface area contributed by atoms with Crippen LogP contribution in [0.4, 0.5) is 5.82 Å². The van der Waals surface area contributed by atoms with Crippen LogP contribution in [0.1, 0.15) is 59.8 Å². The van der Waals surface area contributed by atoms with E-state index in [4.69, 9.17) is 4.74 Å². The number of aromatic nitrogens is 2. The van der Waals surface area contributed by atoms with Gasteiger partial charge in [0.2, 0.25) is 10.0 Å². The highest BCUT2D eigenvalue weighted by Gasteiger charge is 2.33. The summed E-state index contributed by atoms with van der Waals surface area (Å²) < 4.78 is 31.3. The minimum Gasteiger partial charge on any atom is -0.373 e. The Morgan fingerprint density at radius 1 is 1.07 bits per heavy atom. The van der Waals surface area contributed by atoms with Crippen molar-refractivity contribution in [1.29, 1.82) is 0 Å². The molecule has 40 heavy (non-hydrogen) atoms. The Kier molecular flexibility index (Phi) is 9.04. The van der Waals surface area contributed by atoms with Crippen molar-refractivity contribution in [3.8, 4) is 0 Å². The van der Waals surface area contributed by atoms with Crippen LogP contribution >= 0.6 is 0 Å². The Hall–Kier alpha value is -2.60. The molecule has 2 atom stereocenters. The minimum atomic E-state index is -3.17. The van der Waals surface area contributed by atoms with Crippen molar-refractivity contribution >= 4 is 21.7 Å². The van der Waals surface area contributed by atoms with E-state index < -0.39 is 10.0 Å². The van der Waals surface area contributed by atoms with Gasteiger partial charge >= 0.3 is 0 Å². The third-order valence-electron chi connectivity index (χ3n) is 8.90. The van der Waals surface area contributed by atoms with E-state index in [-0.39, 0.29) is 18.1 Å². The van der Waals surface area contributed by atoms with Crippen LogP contribution in [-0.4, -0.2) is 103 Å². The molecule has 2 aromatic rings. The second-order valence-electron chi connectivity index (χ2n) is 11.5. The molecule has 3 fully saturated rings.